The van der Waals surface area contributed by atoms with Gasteiger partial charge in [-0.2, -0.15) is 0 Å². The molecule has 6 nitrogen and oxygen atoms in total. The van der Waals surface area contributed by atoms with Crippen LogP contribution >= 0.6 is 0 Å². The third kappa shape index (κ3) is 4.15. The summed E-state index contributed by atoms with van der Waals surface area (Å²) in [5, 5.41) is 12.0. The van der Waals surface area contributed by atoms with Crippen LogP contribution in [0.5, 0.6) is 0 Å². The molecule has 0 aromatic heterocycles. The molecule has 2 saturated carbocycles. The number of nitrogens with one attached hydrogen (secondary N) is 1. The molecule has 2 N–H and O–H groups in total. The van der Waals surface area contributed by atoms with Gasteiger partial charge in [0.1, 0.15) is 6.04 Å². The maximum atomic E-state index is 12.6. The Morgan fingerprint density at radius 1 is 1.16 bits per heavy atom. The summed E-state index contributed by atoms with van der Waals surface area (Å²) in [6, 6.07) is -0.500. The lowest BCUT2D eigenvalue weighted by atomic mass is 9.87. The van der Waals surface area contributed by atoms with Crippen molar-refractivity contribution >= 4 is 17.8 Å². The molecule has 1 spiro atoms. The fourth-order valence-electron chi connectivity index (χ4n) is 4.71. The maximum Gasteiger partial charge on any atom is 0.307 e. The topological polar surface area (TPSA) is 86.7 Å². The number of carboxylic acids is 1. The number of hydrogen-bond acceptors (Lipinski definition) is 3. The normalized spacial score (nSPS) is 26.9. The largest absolute Gasteiger partial charge is 0.481 e. The van der Waals surface area contributed by atoms with E-state index in [2.05, 4.69) is 5.32 Å². The first-order valence-corrected chi connectivity index (χ1v) is 9.72. The molecule has 6 heteroatoms. The maximum absolute atomic E-state index is 12.6. The van der Waals surface area contributed by atoms with Crippen molar-refractivity contribution in [1.82, 2.24) is 10.2 Å². The Labute approximate surface area is 149 Å². The Hall–Kier alpha value is -1.59. The van der Waals surface area contributed by atoms with Crippen molar-refractivity contribution < 1.29 is 19.5 Å². The van der Waals surface area contributed by atoms with Crippen LogP contribution in [0.4, 0.5) is 0 Å². The van der Waals surface area contributed by atoms with Crippen molar-refractivity contribution in [1.29, 1.82) is 0 Å². The highest BCUT2D eigenvalue weighted by molar-refractivity contribution is 5.87. The molecule has 1 saturated heterocycles. The zero-order valence-corrected chi connectivity index (χ0v) is 15.1. The predicted molar refractivity (Wildman–Crippen MR) is 92.8 cm³/mol. The average molecular weight is 350 g/mol. The smallest absolute Gasteiger partial charge is 0.307 e. The summed E-state index contributed by atoms with van der Waals surface area (Å²) in [6.45, 7) is 2.96. The van der Waals surface area contributed by atoms with Crippen LogP contribution in [0.25, 0.3) is 0 Å². The summed E-state index contributed by atoms with van der Waals surface area (Å²) in [6.07, 6.45) is 8.73. The number of hydrogen-bond donors (Lipinski definition) is 2. The summed E-state index contributed by atoms with van der Waals surface area (Å²) in [4.78, 5) is 37.7. The quantitative estimate of drug-likeness (QED) is 0.795. The van der Waals surface area contributed by atoms with Crippen molar-refractivity contribution in [2.45, 2.75) is 70.8 Å². The van der Waals surface area contributed by atoms with Crippen LogP contribution in [-0.4, -0.2) is 46.9 Å². The molecule has 0 radical (unpaired) electrons. The molecule has 0 aromatic carbocycles. The lowest BCUT2D eigenvalue weighted by molar-refractivity contribution is -0.140. The monoisotopic (exact) mass is 350 g/mol. The van der Waals surface area contributed by atoms with Crippen LogP contribution in [0.3, 0.4) is 0 Å². The fraction of sp³-hybridized carbons (Fsp3) is 0.842. The number of carboxylic acid groups (broad SMARTS) is 1. The summed E-state index contributed by atoms with van der Waals surface area (Å²) in [5.74, 6) is -0.525. The van der Waals surface area contributed by atoms with E-state index in [0.29, 0.717) is 25.4 Å². The van der Waals surface area contributed by atoms with Crippen molar-refractivity contribution in [3.63, 3.8) is 0 Å². The molecule has 140 valence electrons. The summed E-state index contributed by atoms with van der Waals surface area (Å²) >= 11 is 0. The number of nitrogens with zero attached hydrogens (tertiary/aromatic N) is 1. The number of aliphatic carboxylic acids is 1. The van der Waals surface area contributed by atoms with Gasteiger partial charge in [0, 0.05) is 19.5 Å². The first-order chi connectivity index (χ1) is 11.9. The zero-order valence-electron chi connectivity index (χ0n) is 15.1. The van der Waals surface area contributed by atoms with Crippen LogP contribution in [0.1, 0.15) is 64.7 Å². The van der Waals surface area contributed by atoms with E-state index in [1.54, 1.807) is 11.8 Å². The van der Waals surface area contributed by atoms with Gasteiger partial charge < -0.3 is 15.3 Å². The van der Waals surface area contributed by atoms with E-state index in [1.807, 2.05) is 0 Å². The van der Waals surface area contributed by atoms with Crippen molar-refractivity contribution in [3.8, 4) is 0 Å². The zero-order chi connectivity index (χ0) is 18.0. The molecule has 2 unspecified atom stereocenters. The van der Waals surface area contributed by atoms with E-state index >= 15 is 0 Å². The molecule has 3 aliphatic rings. The predicted octanol–water partition coefficient (Wildman–Crippen LogP) is 2.17. The van der Waals surface area contributed by atoms with Gasteiger partial charge in [0.25, 0.3) is 0 Å². The molecular formula is C19H30N2O4. The van der Waals surface area contributed by atoms with E-state index in [-0.39, 0.29) is 23.1 Å². The summed E-state index contributed by atoms with van der Waals surface area (Å²) in [7, 11) is 0. The second kappa shape index (κ2) is 7.34. The standard InChI is InChI=1S/C19H30N2O4/c1-13(20-16(22)11-14-5-3-2-4-6-14)17(23)21-9-7-19(8-10-21)12-15(19)18(24)25/h13-15H,2-12H2,1H3,(H,20,22)(H,24,25). The van der Waals surface area contributed by atoms with E-state index in [1.165, 1.54) is 19.3 Å². The Morgan fingerprint density at radius 3 is 2.36 bits per heavy atom. The number of rotatable bonds is 5. The number of likely N-dealkylation sites (tertiary alicyclic amines) is 1. The minimum Gasteiger partial charge on any atom is -0.481 e. The van der Waals surface area contributed by atoms with E-state index in [4.69, 9.17) is 5.11 Å². The average Bonchev–Trinajstić information content (AvgIpc) is 3.29. The van der Waals surface area contributed by atoms with Crippen LogP contribution in [-0.2, 0) is 14.4 Å². The lowest BCUT2D eigenvalue weighted by Gasteiger charge is -2.34. The fourth-order valence-corrected chi connectivity index (χ4v) is 4.71. The second-order valence-corrected chi connectivity index (χ2v) is 8.28. The van der Waals surface area contributed by atoms with Gasteiger partial charge in [-0.3, -0.25) is 14.4 Å². The van der Waals surface area contributed by atoms with Gasteiger partial charge in [0.15, 0.2) is 0 Å². The molecule has 2 amide bonds. The molecule has 25 heavy (non-hydrogen) atoms. The molecule has 3 rings (SSSR count). The van der Waals surface area contributed by atoms with Crippen LogP contribution < -0.4 is 5.32 Å². The highest BCUT2D eigenvalue weighted by Crippen LogP contribution is 2.59. The Morgan fingerprint density at radius 2 is 1.80 bits per heavy atom. The van der Waals surface area contributed by atoms with Gasteiger partial charge in [-0.25, -0.2) is 0 Å². The Balaban J connectivity index is 1.42. The van der Waals surface area contributed by atoms with Crippen molar-refractivity contribution in [3.05, 3.63) is 0 Å². The van der Waals surface area contributed by atoms with Crippen LogP contribution in [0.2, 0.25) is 0 Å². The van der Waals surface area contributed by atoms with Crippen LogP contribution in [0, 0.1) is 17.3 Å². The second-order valence-electron chi connectivity index (χ2n) is 8.28. The van der Waals surface area contributed by atoms with Crippen molar-refractivity contribution in [2.75, 3.05) is 13.1 Å². The van der Waals surface area contributed by atoms with Gasteiger partial charge in [0.2, 0.25) is 11.8 Å². The Kier molecular flexibility index (Phi) is 5.35. The number of amides is 2. The minimum absolute atomic E-state index is 0.0191. The number of carbonyl (C=O) groups is 3. The molecule has 0 bridgehead atoms. The summed E-state index contributed by atoms with van der Waals surface area (Å²) < 4.78 is 0. The minimum atomic E-state index is -0.705. The van der Waals surface area contributed by atoms with Crippen molar-refractivity contribution in [2.24, 2.45) is 17.3 Å². The first kappa shape index (κ1) is 18.2. The molecule has 2 aliphatic carbocycles. The molecule has 0 aromatic rings. The van der Waals surface area contributed by atoms with E-state index < -0.39 is 12.0 Å². The summed E-state index contributed by atoms with van der Waals surface area (Å²) in [5.41, 5.74) is -0.0733. The number of piperidine rings is 1. The molecule has 1 heterocycles. The van der Waals surface area contributed by atoms with Gasteiger partial charge >= 0.3 is 5.97 Å². The molecule has 3 fully saturated rings. The lowest BCUT2D eigenvalue weighted by Crippen LogP contribution is -2.50. The Bertz CT molecular complexity index is 534. The molecule has 1 aliphatic heterocycles. The van der Waals surface area contributed by atoms with Gasteiger partial charge in [-0.1, -0.05) is 19.3 Å². The van der Waals surface area contributed by atoms with Gasteiger partial charge in [-0.05, 0) is 50.4 Å². The van der Waals surface area contributed by atoms with Crippen LogP contribution in [0.15, 0.2) is 0 Å². The number of carbonyl (C=O) groups excluding carboxylic acids is 2. The van der Waals surface area contributed by atoms with Gasteiger partial charge in [0.05, 0.1) is 5.92 Å². The van der Waals surface area contributed by atoms with Gasteiger partial charge in [-0.15, -0.1) is 0 Å². The highest BCUT2D eigenvalue weighted by atomic mass is 16.4. The SMILES string of the molecule is CC(NC(=O)CC1CCCCC1)C(=O)N1CCC2(CC1)CC2C(=O)O. The van der Waals surface area contributed by atoms with E-state index in [0.717, 1.165) is 32.1 Å². The third-order valence-electron chi connectivity index (χ3n) is 6.51. The molecular weight excluding hydrogens is 320 g/mol. The first-order valence-electron chi connectivity index (χ1n) is 9.72. The highest BCUT2D eigenvalue weighted by Gasteiger charge is 2.59. The van der Waals surface area contributed by atoms with E-state index in [9.17, 15) is 14.4 Å². The third-order valence-corrected chi connectivity index (χ3v) is 6.51. The molecule has 2 atom stereocenters.